The smallest absolute Gasteiger partial charge is 0.253 e. The molecule has 1 unspecified atom stereocenters. The highest BCUT2D eigenvalue weighted by molar-refractivity contribution is 7.89. The van der Waals surface area contributed by atoms with Crippen LogP contribution in [0.5, 0.6) is 0 Å². The highest BCUT2D eigenvalue weighted by atomic mass is 32.2. The lowest BCUT2D eigenvalue weighted by atomic mass is 10.1. The van der Waals surface area contributed by atoms with E-state index < -0.39 is 10.0 Å². The molecule has 0 radical (unpaired) electrons. The molecule has 0 aliphatic carbocycles. The molecule has 6 nitrogen and oxygen atoms in total. The number of carbonyl (C=O) groups excluding carboxylic acids is 1. The van der Waals surface area contributed by atoms with Gasteiger partial charge in [0.25, 0.3) is 5.91 Å². The van der Waals surface area contributed by atoms with Gasteiger partial charge in [-0.2, -0.15) is 4.31 Å². The maximum absolute atomic E-state index is 13.3. The van der Waals surface area contributed by atoms with E-state index >= 15 is 0 Å². The van der Waals surface area contributed by atoms with Crippen molar-refractivity contribution in [2.24, 2.45) is 0 Å². The third-order valence-electron chi connectivity index (χ3n) is 6.02. The molecule has 0 N–H and O–H groups in total. The summed E-state index contributed by atoms with van der Waals surface area (Å²) < 4.78 is 33.2. The van der Waals surface area contributed by atoms with Crippen LogP contribution in [0.4, 0.5) is 0 Å². The first-order valence-electron chi connectivity index (χ1n) is 11.4. The number of methoxy groups -OCH3 is 1. The van der Waals surface area contributed by atoms with E-state index in [-0.39, 0.29) is 16.8 Å². The van der Waals surface area contributed by atoms with Crippen LogP contribution in [0.3, 0.4) is 0 Å². The predicted octanol–water partition coefficient (Wildman–Crippen LogP) is 3.97. The minimum atomic E-state index is -3.62. The van der Waals surface area contributed by atoms with Crippen molar-refractivity contribution in [3.63, 3.8) is 0 Å². The Balaban J connectivity index is 1.74. The van der Waals surface area contributed by atoms with Gasteiger partial charge in [-0.3, -0.25) is 4.79 Å². The van der Waals surface area contributed by atoms with Crippen LogP contribution in [-0.4, -0.2) is 62.9 Å². The summed E-state index contributed by atoms with van der Waals surface area (Å²) in [5.41, 5.74) is 1.63. The first-order valence-corrected chi connectivity index (χ1v) is 12.8. The summed E-state index contributed by atoms with van der Waals surface area (Å²) in [5, 5.41) is 0. The number of rotatable bonds is 10. The standard InChI is InChI=1S/C25H34N2O4S/c1-21-10-6-7-17-27(21)32(29,30)24-15-8-14-23(20-24)25(28)26(18-19-31-2)16-9-13-22-11-4-3-5-12-22/h3-5,8,11-12,14-15,20-21H,6-7,9-10,13,16-19H2,1-2H3. The second kappa shape index (κ2) is 11.6. The molecule has 7 heteroatoms. The third-order valence-corrected chi connectivity index (χ3v) is 8.03. The molecule has 0 bridgehead atoms. The van der Waals surface area contributed by atoms with Crippen molar-refractivity contribution in [2.45, 2.75) is 50.0 Å². The van der Waals surface area contributed by atoms with Crippen LogP contribution in [-0.2, 0) is 21.2 Å². The minimum absolute atomic E-state index is 0.0238. The largest absolute Gasteiger partial charge is 0.383 e. The molecule has 0 saturated carbocycles. The molecule has 1 heterocycles. The lowest BCUT2D eigenvalue weighted by Crippen LogP contribution is -2.42. The van der Waals surface area contributed by atoms with E-state index in [1.54, 1.807) is 34.5 Å². The first-order chi connectivity index (χ1) is 15.4. The topological polar surface area (TPSA) is 66.9 Å². The van der Waals surface area contributed by atoms with E-state index in [2.05, 4.69) is 12.1 Å². The average molecular weight is 459 g/mol. The maximum atomic E-state index is 13.3. The van der Waals surface area contributed by atoms with Crippen molar-refractivity contribution < 1.29 is 17.9 Å². The van der Waals surface area contributed by atoms with Crippen LogP contribution in [0.25, 0.3) is 0 Å². The molecule has 1 aliphatic rings. The van der Waals surface area contributed by atoms with Crippen LogP contribution in [0.15, 0.2) is 59.5 Å². The fourth-order valence-corrected chi connectivity index (χ4v) is 5.92. The highest BCUT2D eigenvalue weighted by Crippen LogP contribution is 2.26. The number of carbonyl (C=O) groups is 1. The first kappa shape index (κ1) is 24.4. The molecule has 2 aromatic carbocycles. The SMILES string of the molecule is COCCN(CCCc1ccccc1)C(=O)c1cccc(S(=O)(=O)N2CCCCC2C)c1. The molecule has 0 aromatic heterocycles. The zero-order valence-corrected chi connectivity index (χ0v) is 19.9. The summed E-state index contributed by atoms with van der Waals surface area (Å²) in [4.78, 5) is 15.2. The lowest BCUT2D eigenvalue weighted by molar-refractivity contribution is 0.0693. The van der Waals surface area contributed by atoms with E-state index in [0.717, 1.165) is 32.1 Å². The monoisotopic (exact) mass is 458 g/mol. The van der Waals surface area contributed by atoms with Crippen molar-refractivity contribution in [1.29, 1.82) is 0 Å². The molecular weight excluding hydrogens is 424 g/mol. The molecule has 32 heavy (non-hydrogen) atoms. The number of amides is 1. The van der Waals surface area contributed by atoms with Crippen molar-refractivity contribution in [3.05, 3.63) is 65.7 Å². The number of aryl methyl sites for hydroxylation is 1. The molecule has 174 valence electrons. The van der Waals surface area contributed by atoms with Gasteiger partial charge in [-0.05, 0) is 56.4 Å². The van der Waals surface area contributed by atoms with Crippen LogP contribution >= 0.6 is 0 Å². The number of nitrogens with zero attached hydrogens (tertiary/aromatic N) is 2. The Morgan fingerprint density at radius 2 is 1.88 bits per heavy atom. The highest BCUT2D eigenvalue weighted by Gasteiger charge is 2.31. The van der Waals surface area contributed by atoms with Crippen molar-refractivity contribution >= 4 is 15.9 Å². The molecule has 1 saturated heterocycles. The van der Waals surface area contributed by atoms with Gasteiger partial charge in [-0.15, -0.1) is 0 Å². The lowest BCUT2D eigenvalue weighted by Gasteiger charge is -2.32. The normalized spacial score (nSPS) is 17.2. The van der Waals surface area contributed by atoms with Gasteiger partial charge >= 0.3 is 0 Å². The van der Waals surface area contributed by atoms with Gasteiger partial charge in [-0.1, -0.05) is 42.8 Å². The van der Waals surface area contributed by atoms with Crippen LogP contribution in [0, 0.1) is 0 Å². The van der Waals surface area contributed by atoms with Crippen molar-refractivity contribution in [1.82, 2.24) is 9.21 Å². The van der Waals surface area contributed by atoms with E-state index in [1.165, 1.54) is 11.6 Å². The maximum Gasteiger partial charge on any atom is 0.253 e. The molecular formula is C25H34N2O4S. The Bertz CT molecular complexity index is 978. The Kier molecular flexibility index (Phi) is 8.84. The van der Waals surface area contributed by atoms with Crippen molar-refractivity contribution in [2.75, 3.05) is 33.4 Å². The fraction of sp³-hybridized carbons (Fsp3) is 0.480. The fourth-order valence-electron chi connectivity index (χ4n) is 4.17. The van der Waals surface area contributed by atoms with Crippen LogP contribution in [0.1, 0.15) is 48.5 Å². The number of benzene rings is 2. The molecule has 0 spiro atoms. The number of piperidine rings is 1. The quantitative estimate of drug-likeness (QED) is 0.540. The Morgan fingerprint density at radius 1 is 1.09 bits per heavy atom. The van der Waals surface area contributed by atoms with E-state index in [4.69, 9.17) is 4.74 Å². The number of ether oxygens (including phenoxy) is 1. The Hall–Kier alpha value is -2.22. The van der Waals surface area contributed by atoms with Gasteiger partial charge in [0.05, 0.1) is 11.5 Å². The summed E-state index contributed by atoms with van der Waals surface area (Å²) >= 11 is 0. The summed E-state index contributed by atoms with van der Waals surface area (Å²) in [6.07, 6.45) is 4.48. The van der Waals surface area contributed by atoms with E-state index in [9.17, 15) is 13.2 Å². The second-order valence-electron chi connectivity index (χ2n) is 8.36. The van der Waals surface area contributed by atoms with Gasteiger partial charge in [0.15, 0.2) is 0 Å². The number of hydrogen-bond donors (Lipinski definition) is 0. The Labute approximate surface area is 192 Å². The molecule has 1 atom stereocenters. The van der Waals surface area contributed by atoms with Crippen LogP contribution in [0.2, 0.25) is 0 Å². The van der Waals surface area contributed by atoms with Crippen LogP contribution < -0.4 is 0 Å². The number of sulfonamides is 1. The molecule has 2 aromatic rings. The summed E-state index contributed by atoms with van der Waals surface area (Å²) in [5.74, 6) is -0.168. The third kappa shape index (κ3) is 6.18. The molecule has 1 amide bonds. The minimum Gasteiger partial charge on any atom is -0.383 e. The second-order valence-corrected chi connectivity index (χ2v) is 10.3. The summed E-state index contributed by atoms with van der Waals surface area (Å²) in [6, 6.07) is 16.6. The van der Waals surface area contributed by atoms with Gasteiger partial charge in [-0.25, -0.2) is 8.42 Å². The zero-order chi connectivity index (χ0) is 23.0. The molecule has 1 aliphatic heterocycles. The van der Waals surface area contributed by atoms with Gasteiger partial charge in [0.1, 0.15) is 0 Å². The summed E-state index contributed by atoms with van der Waals surface area (Å²) in [6.45, 7) is 3.95. The predicted molar refractivity (Wildman–Crippen MR) is 126 cm³/mol. The average Bonchev–Trinajstić information content (AvgIpc) is 2.82. The molecule has 1 fully saturated rings. The van der Waals surface area contributed by atoms with E-state index in [1.807, 2.05) is 25.1 Å². The van der Waals surface area contributed by atoms with Crippen molar-refractivity contribution in [3.8, 4) is 0 Å². The molecule has 3 rings (SSSR count). The summed E-state index contributed by atoms with van der Waals surface area (Å²) in [7, 11) is -2.01. The number of hydrogen-bond acceptors (Lipinski definition) is 4. The van der Waals surface area contributed by atoms with E-state index in [0.29, 0.717) is 31.8 Å². The zero-order valence-electron chi connectivity index (χ0n) is 19.1. The van der Waals surface area contributed by atoms with Gasteiger partial charge in [0, 0.05) is 38.3 Å². The Morgan fingerprint density at radius 3 is 2.59 bits per heavy atom. The van der Waals surface area contributed by atoms with Gasteiger partial charge < -0.3 is 9.64 Å². The van der Waals surface area contributed by atoms with Gasteiger partial charge in [0.2, 0.25) is 10.0 Å².